The topological polar surface area (TPSA) is 131 Å². The molecule has 8 nitrogen and oxygen atoms in total. The zero-order chi connectivity index (χ0) is 20.7. The molecule has 0 spiro atoms. The van der Waals surface area contributed by atoms with Crippen LogP contribution in [0.25, 0.3) is 0 Å². The molecule has 0 unspecified atom stereocenters. The molecule has 16 heteroatoms. The van der Waals surface area contributed by atoms with Crippen molar-refractivity contribution in [2.75, 3.05) is 0 Å². The van der Waals surface area contributed by atoms with Crippen LogP contribution in [0.1, 0.15) is 5.82 Å². The summed E-state index contributed by atoms with van der Waals surface area (Å²) in [7, 11) is -9.92. The quantitative estimate of drug-likeness (QED) is 0.241. The molecule has 2 N–H and O–H groups in total. The molecule has 0 aliphatic heterocycles. The number of nitrogens with zero attached hydrogens (tertiary/aromatic N) is 1. The van der Waals surface area contributed by atoms with E-state index in [0.29, 0.717) is 0 Å². The third-order valence-electron chi connectivity index (χ3n) is 1.89. The van der Waals surface area contributed by atoms with E-state index < -0.39 is 31.3 Å². The van der Waals surface area contributed by atoms with Crippen molar-refractivity contribution in [1.82, 2.24) is 4.98 Å². The molecular formula is C9H12F6N2O6S2. The molecule has 1 aromatic rings. The van der Waals surface area contributed by atoms with Gasteiger partial charge in [-0.05, 0) is 0 Å². The van der Waals surface area contributed by atoms with Crippen LogP contribution < -0.4 is 4.57 Å². The SMILES string of the molecule is C=CCc1[nH]cc[n+]1C.O=S(=O)(O)C(F)(F)F.O=S(=O)([O-])C(F)(F)F. The number of hydrogen-bond donors (Lipinski definition) is 2. The molecular weight excluding hydrogens is 410 g/mol. The van der Waals surface area contributed by atoms with Gasteiger partial charge in [-0.1, -0.05) is 6.08 Å². The van der Waals surface area contributed by atoms with Crippen LogP contribution in [0.5, 0.6) is 0 Å². The van der Waals surface area contributed by atoms with Crippen LogP contribution in [0, 0.1) is 0 Å². The van der Waals surface area contributed by atoms with E-state index in [1.54, 1.807) is 0 Å². The fourth-order valence-electron chi connectivity index (χ4n) is 0.777. The van der Waals surface area contributed by atoms with E-state index in [2.05, 4.69) is 11.6 Å². The van der Waals surface area contributed by atoms with E-state index in [1.165, 1.54) is 5.82 Å². The monoisotopic (exact) mass is 422 g/mol. The second-order valence-corrected chi connectivity index (χ2v) is 6.62. The van der Waals surface area contributed by atoms with E-state index in [4.69, 9.17) is 25.9 Å². The number of imidazole rings is 1. The van der Waals surface area contributed by atoms with Gasteiger partial charge < -0.3 is 4.55 Å². The minimum atomic E-state index is -6.09. The van der Waals surface area contributed by atoms with Crippen LogP contribution in [0.2, 0.25) is 0 Å². The molecule has 148 valence electrons. The van der Waals surface area contributed by atoms with Crippen LogP contribution in [-0.2, 0) is 33.7 Å². The highest BCUT2D eigenvalue weighted by Gasteiger charge is 2.44. The Labute approximate surface area is 138 Å². The zero-order valence-electron chi connectivity index (χ0n) is 12.2. The second-order valence-electron chi connectivity index (χ2n) is 3.83. The van der Waals surface area contributed by atoms with Gasteiger partial charge in [-0.25, -0.2) is 18.0 Å². The highest BCUT2D eigenvalue weighted by Crippen LogP contribution is 2.21. The Balaban J connectivity index is 0. The normalized spacial score (nSPS) is 12.4. The van der Waals surface area contributed by atoms with Gasteiger partial charge in [-0.3, -0.25) is 4.55 Å². The van der Waals surface area contributed by atoms with Gasteiger partial charge in [0.1, 0.15) is 12.4 Å². The van der Waals surface area contributed by atoms with E-state index in [0.717, 1.165) is 6.42 Å². The van der Waals surface area contributed by atoms with E-state index >= 15 is 0 Å². The van der Waals surface area contributed by atoms with Crippen LogP contribution in [0.15, 0.2) is 25.0 Å². The van der Waals surface area contributed by atoms with Crippen LogP contribution in [-0.4, -0.2) is 41.9 Å². The largest absolute Gasteiger partial charge is 0.741 e. The third-order valence-corrected chi connectivity index (χ3v) is 3.04. The average Bonchev–Trinajstić information content (AvgIpc) is 2.72. The number of allylic oxidation sites excluding steroid dienone is 1. The summed E-state index contributed by atoms with van der Waals surface area (Å²) in [5.74, 6) is 1.19. The van der Waals surface area contributed by atoms with Gasteiger partial charge >= 0.3 is 21.1 Å². The maximum Gasteiger partial charge on any atom is 0.522 e. The highest BCUT2D eigenvalue weighted by molar-refractivity contribution is 7.86. The lowest BCUT2D eigenvalue weighted by molar-refractivity contribution is -0.677. The Morgan fingerprint density at radius 1 is 1.20 bits per heavy atom. The Bertz CT molecular complexity index is 708. The Morgan fingerprint density at radius 3 is 1.72 bits per heavy atom. The first-order valence-electron chi connectivity index (χ1n) is 5.53. The number of aryl methyl sites for hydroxylation is 1. The van der Waals surface area contributed by atoms with Crippen molar-refractivity contribution < 1.29 is 56.9 Å². The smallest absolute Gasteiger partial charge is 0.522 e. The van der Waals surface area contributed by atoms with Crippen molar-refractivity contribution in [2.45, 2.75) is 17.4 Å². The van der Waals surface area contributed by atoms with Gasteiger partial charge in [0.2, 0.25) is 0 Å². The molecule has 1 aromatic heterocycles. The molecule has 1 rings (SSSR count). The van der Waals surface area contributed by atoms with Crippen LogP contribution in [0.3, 0.4) is 0 Å². The van der Waals surface area contributed by atoms with Crippen molar-refractivity contribution in [3.63, 3.8) is 0 Å². The van der Waals surface area contributed by atoms with Gasteiger partial charge in [0.05, 0.1) is 13.5 Å². The van der Waals surface area contributed by atoms with E-state index in [9.17, 15) is 26.3 Å². The molecule has 0 radical (unpaired) electrons. The number of rotatable bonds is 2. The van der Waals surface area contributed by atoms with Crippen molar-refractivity contribution in [2.24, 2.45) is 7.05 Å². The molecule has 0 saturated carbocycles. The summed E-state index contributed by atoms with van der Waals surface area (Å²) in [6, 6.07) is 0. The maximum atomic E-state index is 10.7. The molecule has 0 atom stereocenters. The summed E-state index contributed by atoms with van der Waals surface area (Å²) >= 11 is 0. The zero-order valence-corrected chi connectivity index (χ0v) is 13.8. The first kappa shape index (κ1) is 25.6. The van der Waals surface area contributed by atoms with E-state index in [1.807, 2.05) is 30.1 Å². The molecule has 0 aliphatic carbocycles. The summed E-state index contributed by atoms with van der Waals surface area (Å²) < 4.78 is 118. The van der Waals surface area contributed by atoms with Crippen molar-refractivity contribution in [3.05, 3.63) is 30.9 Å². The molecule has 0 amide bonds. The van der Waals surface area contributed by atoms with Crippen LogP contribution in [0.4, 0.5) is 26.3 Å². The lowest BCUT2D eigenvalue weighted by Gasteiger charge is -2.08. The summed E-state index contributed by atoms with van der Waals surface area (Å²) in [5, 5.41) is 0. The third kappa shape index (κ3) is 10.7. The van der Waals surface area contributed by atoms with Crippen molar-refractivity contribution in [1.29, 1.82) is 0 Å². The number of halogens is 6. The minimum absolute atomic E-state index is 0.906. The molecule has 1 heterocycles. The van der Waals surface area contributed by atoms with Gasteiger partial charge in [-0.2, -0.15) is 34.8 Å². The predicted molar refractivity (Wildman–Crippen MR) is 69.2 cm³/mol. The lowest BCUT2D eigenvalue weighted by atomic mass is 10.4. The van der Waals surface area contributed by atoms with Gasteiger partial charge in [-0.15, -0.1) is 6.58 Å². The molecule has 0 aliphatic rings. The molecule has 0 fully saturated rings. The summed E-state index contributed by atoms with van der Waals surface area (Å²) in [4.78, 5) is 3.10. The number of hydrogen-bond acceptors (Lipinski definition) is 5. The first-order valence-corrected chi connectivity index (χ1v) is 8.38. The second kappa shape index (κ2) is 9.16. The molecule has 0 aromatic carbocycles. The predicted octanol–water partition coefficient (Wildman–Crippen LogP) is 1.01. The highest BCUT2D eigenvalue weighted by atomic mass is 32.2. The Hall–Kier alpha value is -1.65. The standard InChI is InChI=1S/C7H10N2.2CHF3O3S/c1-3-4-7-8-5-6-9(7)2;2*2-1(3,4)8(5,6)7/h3,5-6H,1,4H2,2H3;2*(H,5,6,7). The fourth-order valence-corrected chi connectivity index (χ4v) is 0.777. The summed E-state index contributed by atoms with van der Waals surface area (Å²) in [5.41, 5.74) is -11.2. The average molecular weight is 422 g/mol. The Morgan fingerprint density at radius 2 is 1.56 bits per heavy atom. The maximum absolute atomic E-state index is 10.7. The fraction of sp³-hybridized carbons (Fsp3) is 0.444. The molecule has 0 bridgehead atoms. The number of aromatic amines is 1. The number of H-pyrrole nitrogens is 1. The number of nitrogens with one attached hydrogen (secondary N) is 1. The number of alkyl halides is 6. The van der Waals surface area contributed by atoms with Gasteiger partial charge in [0.15, 0.2) is 10.1 Å². The van der Waals surface area contributed by atoms with Gasteiger partial charge in [0, 0.05) is 0 Å². The molecule has 0 saturated heterocycles. The van der Waals surface area contributed by atoms with Gasteiger partial charge in [0.25, 0.3) is 5.82 Å². The van der Waals surface area contributed by atoms with E-state index in [-0.39, 0.29) is 0 Å². The summed E-state index contributed by atoms with van der Waals surface area (Å²) in [6.07, 6.45) is 6.69. The molecule has 25 heavy (non-hydrogen) atoms. The van der Waals surface area contributed by atoms with Crippen molar-refractivity contribution in [3.8, 4) is 0 Å². The van der Waals surface area contributed by atoms with Crippen LogP contribution >= 0.6 is 0 Å². The minimum Gasteiger partial charge on any atom is -0.741 e. The van der Waals surface area contributed by atoms with Crippen molar-refractivity contribution >= 4 is 20.2 Å². The summed E-state index contributed by atoms with van der Waals surface area (Å²) in [6.45, 7) is 3.64. The number of aromatic nitrogens is 2. The first-order chi connectivity index (χ1) is 10.8. The Kier molecular flexibility index (Phi) is 9.38. The lowest BCUT2D eigenvalue weighted by Crippen LogP contribution is -2.29.